The fraction of sp³-hybridized carbons (Fsp3) is 0.130. The zero-order valence-electron chi connectivity index (χ0n) is 15.7. The van der Waals surface area contributed by atoms with Crippen LogP contribution in [0.3, 0.4) is 0 Å². The summed E-state index contributed by atoms with van der Waals surface area (Å²) in [6.07, 6.45) is -0.0672. The summed E-state index contributed by atoms with van der Waals surface area (Å²) in [5.74, 6) is -1.33. The van der Waals surface area contributed by atoms with Crippen molar-refractivity contribution in [2.75, 3.05) is 10.6 Å². The van der Waals surface area contributed by atoms with Crippen LogP contribution < -0.4 is 10.6 Å². The Morgan fingerprint density at radius 1 is 0.724 bits per heavy atom. The Morgan fingerprint density at radius 2 is 1.21 bits per heavy atom. The molecule has 0 fully saturated rings. The summed E-state index contributed by atoms with van der Waals surface area (Å²) in [6, 6.07) is 22.1. The van der Waals surface area contributed by atoms with Gasteiger partial charge >= 0.3 is 0 Å². The first-order valence-electron chi connectivity index (χ1n) is 9.23. The second-order valence-electron chi connectivity index (χ2n) is 6.68. The van der Waals surface area contributed by atoms with Gasteiger partial charge in [0.2, 0.25) is 11.8 Å². The molecule has 0 atom stereocenters. The van der Waals surface area contributed by atoms with Crippen LogP contribution in [0.25, 0.3) is 0 Å². The molecule has 0 saturated carbocycles. The third-order valence-corrected chi connectivity index (χ3v) is 4.43. The number of aromatic hydroxyl groups is 2. The number of rotatable bonds is 7. The van der Waals surface area contributed by atoms with Gasteiger partial charge in [0, 0.05) is 35.7 Å². The van der Waals surface area contributed by atoms with Gasteiger partial charge in [-0.2, -0.15) is 0 Å². The normalized spacial score (nSPS) is 10.5. The Balaban J connectivity index is 1.76. The molecular formula is C23H22N2O4. The van der Waals surface area contributed by atoms with E-state index in [4.69, 9.17) is 0 Å². The highest BCUT2D eigenvalue weighted by atomic mass is 16.3. The molecule has 3 rings (SSSR count). The van der Waals surface area contributed by atoms with Gasteiger partial charge in [-0.15, -0.1) is 0 Å². The van der Waals surface area contributed by atoms with Crippen molar-refractivity contribution < 1.29 is 19.8 Å². The Kier molecular flexibility index (Phi) is 6.47. The average molecular weight is 390 g/mol. The Hall–Kier alpha value is -3.80. The lowest BCUT2D eigenvalue weighted by Crippen LogP contribution is -2.21. The second kappa shape index (κ2) is 9.41. The van der Waals surface area contributed by atoms with Crippen LogP contribution in [-0.4, -0.2) is 22.0 Å². The Morgan fingerprint density at radius 3 is 1.69 bits per heavy atom. The van der Waals surface area contributed by atoms with Gasteiger partial charge in [-0.05, 0) is 42.5 Å². The van der Waals surface area contributed by atoms with Gasteiger partial charge in [0.15, 0.2) is 0 Å². The topological polar surface area (TPSA) is 98.7 Å². The lowest BCUT2D eigenvalue weighted by molar-refractivity contribution is -0.118. The van der Waals surface area contributed by atoms with E-state index < -0.39 is 5.92 Å². The predicted molar refractivity (Wildman–Crippen MR) is 112 cm³/mol. The smallest absolute Gasteiger partial charge is 0.225 e. The highest BCUT2D eigenvalue weighted by Crippen LogP contribution is 2.34. The highest BCUT2D eigenvalue weighted by molar-refractivity contribution is 5.94. The second-order valence-corrected chi connectivity index (χ2v) is 6.68. The van der Waals surface area contributed by atoms with Crippen LogP contribution in [0.4, 0.5) is 11.4 Å². The van der Waals surface area contributed by atoms with Gasteiger partial charge < -0.3 is 20.8 Å². The summed E-state index contributed by atoms with van der Waals surface area (Å²) in [5, 5.41) is 25.6. The number of amides is 2. The van der Waals surface area contributed by atoms with Crippen molar-refractivity contribution in [2.24, 2.45) is 0 Å². The van der Waals surface area contributed by atoms with Crippen LogP contribution in [0.15, 0.2) is 78.9 Å². The number of benzene rings is 3. The van der Waals surface area contributed by atoms with Crippen molar-refractivity contribution in [2.45, 2.75) is 18.8 Å². The molecular weight excluding hydrogens is 368 g/mol. The maximum absolute atomic E-state index is 12.5. The number of nitrogens with one attached hydrogen (secondary N) is 2. The molecule has 2 amide bonds. The molecule has 0 unspecified atom stereocenters. The van der Waals surface area contributed by atoms with Crippen LogP contribution in [-0.2, 0) is 9.59 Å². The minimum atomic E-state index is -0.616. The van der Waals surface area contributed by atoms with E-state index in [1.807, 2.05) is 36.4 Å². The van der Waals surface area contributed by atoms with Crippen LogP contribution in [0.2, 0.25) is 0 Å². The first-order valence-corrected chi connectivity index (χ1v) is 9.23. The van der Waals surface area contributed by atoms with E-state index in [-0.39, 0.29) is 36.2 Å². The molecule has 3 aromatic carbocycles. The van der Waals surface area contributed by atoms with E-state index in [1.165, 1.54) is 18.2 Å². The molecule has 6 heteroatoms. The van der Waals surface area contributed by atoms with Gasteiger partial charge in [-0.3, -0.25) is 9.59 Å². The van der Waals surface area contributed by atoms with Gasteiger partial charge in [0.05, 0.1) is 0 Å². The number of anilines is 2. The third kappa shape index (κ3) is 5.84. The van der Waals surface area contributed by atoms with Crippen LogP contribution in [0.1, 0.15) is 24.3 Å². The molecule has 0 aliphatic carbocycles. The summed E-state index contributed by atoms with van der Waals surface area (Å²) in [5.41, 5.74) is 1.63. The van der Waals surface area contributed by atoms with Crippen molar-refractivity contribution in [3.8, 4) is 11.5 Å². The largest absolute Gasteiger partial charge is 0.508 e. The minimum absolute atomic E-state index is 0.0336. The van der Waals surface area contributed by atoms with Gasteiger partial charge in [-0.25, -0.2) is 0 Å². The molecule has 148 valence electrons. The number of phenols is 2. The maximum atomic E-state index is 12.5. The minimum Gasteiger partial charge on any atom is -0.508 e. The van der Waals surface area contributed by atoms with Crippen LogP contribution >= 0.6 is 0 Å². The molecule has 0 radical (unpaired) electrons. The van der Waals surface area contributed by atoms with Gasteiger partial charge in [0.25, 0.3) is 0 Å². The zero-order valence-corrected chi connectivity index (χ0v) is 15.7. The molecule has 4 N–H and O–H groups in total. The Bertz CT molecular complexity index is 919. The lowest BCUT2D eigenvalue weighted by Gasteiger charge is -2.18. The van der Waals surface area contributed by atoms with Crippen molar-refractivity contribution in [1.82, 2.24) is 0 Å². The maximum Gasteiger partial charge on any atom is 0.225 e. The molecule has 0 aliphatic rings. The quantitative estimate of drug-likeness (QED) is 0.454. The van der Waals surface area contributed by atoms with E-state index in [9.17, 15) is 19.8 Å². The number of carbonyl (C=O) groups is 2. The van der Waals surface area contributed by atoms with E-state index in [1.54, 1.807) is 24.3 Å². The zero-order chi connectivity index (χ0) is 20.6. The van der Waals surface area contributed by atoms with E-state index in [2.05, 4.69) is 10.6 Å². The van der Waals surface area contributed by atoms with Crippen molar-refractivity contribution in [3.63, 3.8) is 0 Å². The number of hydrogen-bond donors (Lipinski definition) is 4. The molecule has 0 aliphatic heterocycles. The standard InChI is InChI=1S/C23H22N2O4/c26-19-11-12-21(27)20(15-19)16(13-22(28)24-17-7-3-1-4-8-17)14-23(29)25-18-9-5-2-6-10-18/h1-12,15-16,26-27H,13-14H2,(H,24,28)(H,25,29). The lowest BCUT2D eigenvalue weighted by atomic mass is 9.90. The summed E-state index contributed by atoms with van der Waals surface area (Å²) in [4.78, 5) is 25.1. The molecule has 29 heavy (non-hydrogen) atoms. The van der Waals surface area contributed by atoms with Crippen molar-refractivity contribution in [3.05, 3.63) is 84.4 Å². The molecule has 3 aromatic rings. The van der Waals surface area contributed by atoms with Gasteiger partial charge in [-0.1, -0.05) is 36.4 Å². The fourth-order valence-corrected chi connectivity index (χ4v) is 3.08. The first-order chi connectivity index (χ1) is 14.0. The summed E-state index contributed by atoms with van der Waals surface area (Å²) in [6.45, 7) is 0. The summed E-state index contributed by atoms with van der Waals surface area (Å²) >= 11 is 0. The fourth-order valence-electron chi connectivity index (χ4n) is 3.08. The molecule has 0 saturated heterocycles. The highest BCUT2D eigenvalue weighted by Gasteiger charge is 2.23. The average Bonchev–Trinajstić information content (AvgIpc) is 2.71. The van der Waals surface area contributed by atoms with Crippen LogP contribution in [0.5, 0.6) is 11.5 Å². The molecule has 0 aromatic heterocycles. The van der Waals surface area contributed by atoms with E-state index in [0.717, 1.165) is 0 Å². The molecule has 0 heterocycles. The SMILES string of the molecule is O=C(CC(CC(=O)Nc1ccccc1)c1cc(O)ccc1O)Nc1ccccc1. The van der Waals surface area contributed by atoms with E-state index in [0.29, 0.717) is 16.9 Å². The number of hydrogen-bond acceptors (Lipinski definition) is 4. The number of carbonyl (C=O) groups excluding carboxylic acids is 2. The monoisotopic (exact) mass is 390 g/mol. The predicted octanol–water partition coefficient (Wildman–Crippen LogP) is 4.24. The molecule has 6 nitrogen and oxygen atoms in total. The van der Waals surface area contributed by atoms with Crippen molar-refractivity contribution >= 4 is 23.2 Å². The number of phenolic OH excluding ortho intramolecular Hbond substituents is 2. The number of para-hydroxylation sites is 2. The molecule has 0 bridgehead atoms. The van der Waals surface area contributed by atoms with Crippen LogP contribution in [0, 0.1) is 0 Å². The Labute approximate surface area is 168 Å². The molecule has 0 spiro atoms. The van der Waals surface area contributed by atoms with E-state index >= 15 is 0 Å². The first kappa shape index (κ1) is 19.9. The summed E-state index contributed by atoms with van der Waals surface area (Å²) in [7, 11) is 0. The third-order valence-electron chi connectivity index (χ3n) is 4.43. The van der Waals surface area contributed by atoms with Crippen molar-refractivity contribution in [1.29, 1.82) is 0 Å². The van der Waals surface area contributed by atoms with Gasteiger partial charge in [0.1, 0.15) is 11.5 Å². The summed E-state index contributed by atoms with van der Waals surface area (Å²) < 4.78 is 0.